The summed E-state index contributed by atoms with van der Waals surface area (Å²) >= 11 is 3.44. The van der Waals surface area contributed by atoms with E-state index in [0.29, 0.717) is 36.8 Å². The molecule has 1 aromatic carbocycles. The van der Waals surface area contributed by atoms with Crippen LogP contribution in [0.4, 0.5) is 0 Å². The number of carbonyl (C=O) groups is 1. The summed E-state index contributed by atoms with van der Waals surface area (Å²) < 4.78 is 11.8. The zero-order valence-corrected chi connectivity index (χ0v) is 13.9. The van der Waals surface area contributed by atoms with Gasteiger partial charge in [0.25, 0.3) is 5.91 Å². The van der Waals surface area contributed by atoms with E-state index in [4.69, 9.17) is 15.2 Å². The number of carbonyl (C=O) groups excluding carboxylic acids is 1. The van der Waals surface area contributed by atoms with Crippen LogP contribution in [0.3, 0.4) is 0 Å². The number of benzene rings is 1. The van der Waals surface area contributed by atoms with E-state index < -0.39 is 0 Å². The number of rotatable bonds is 1. The Bertz CT molecular complexity index is 541. The van der Waals surface area contributed by atoms with Gasteiger partial charge in [-0.2, -0.15) is 0 Å². The molecule has 1 atom stereocenters. The molecule has 3 rings (SSSR count). The predicted octanol–water partition coefficient (Wildman–Crippen LogP) is 2.21. The molecule has 1 aromatic rings. The summed E-state index contributed by atoms with van der Waals surface area (Å²) in [4.78, 5) is 14.3. The SMILES string of the molecule is Cl.NC1CCCN(C(=O)c2cc(Br)c3c(c2)OCCO3)C1. The van der Waals surface area contributed by atoms with Gasteiger partial charge in [0.05, 0.1) is 4.47 Å². The summed E-state index contributed by atoms with van der Waals surface area (Å²) in [6, 6.07) is 3.62. The number of nitrogens with zero attached hydrogens (tertiary/aromatic N) is 1. The molecule has 2 aliphatic rings. The maximum Gasteiger partial charge on any atom is 0.254 e. The van der Waals surface area contributed by atoms with Gasteiger partial charge < -0.3 is 20.1 Å². The molecule has 21 heavy (non-hydrogen) atoms. The van der Waals surface area contributed by atoms with Crippen LogP contribution in [0.2, 0.25) is 0 Å². The molecule has 0 spiro atoms. The van der Waals surface area contributed by atoms with Crippen molar-refractivity contribution in [1.82, 2.24) is 4.90 Å². The molecule has 0 aliphatic carbocycles. The number of halogens is 2. The minimum atomic E-state index is -0.00202. The van der Waals surface area contributed by atoms with Gasteiger partial charge in [0.2, 0.25) is 0 Å². The van der Waals surface area contributed by atoms with Crippen LogP contribution in [-0.4, -0.2) is 43.2 Å². The number of fused-ring (bicyclic) bond motifs is 1. The molecule has 2 N–H and O–H groups in total. The molecule has 7 heteroatoms. The lowest BCUT2D eigenvalue weighted by molar-refractivity contribution is 0.0707. The van der Waals surface area contributed by atoms with Crippen LogP contribution in [0.25, 0.3) is 0 Å². The van der Waals surface area contributed by atoms with Gasteiger partial charge in [0.1, 0.15) is 13.2 Å². The van der Waals surface area contributed by atoms with Crippen LogP contribution in [0.5, 0.6) is 11.5 Å². The third-order valence-corrected chi connectivity index (χ3v) is 4.18. The van der Waals surface area contributed by atoms with Crippen molar-refractivity contribution in [2.75, 3.05) is 26.3 Å². The quantitative estimate of drug-likeness (QED) is 0.815. The van der Waals surface area contributed by atoms with E-state index in [1.807, 2.05) is 4.90 Å². The fourth-order valence-corrected chi connectivity index (χ4v) is 3.17. The van der Waals surface area contributed by atoms with Gasteiger partial charge >= 0.3 is 0 Å². The second-order valence-corrected chi connectivity index (χ2v) is 5.99. The molecule has 5 nitrogen and oxygen atoms in total. The zero-order chi connectivity index (χ0) is 14.1. The van der Waals surface area contributed by atoms with Crippen LogP contribution in [-0.2, 0) is 0 Å². The second kappa shape index (κ2) is 6.85. The average molecular weight is 378 g/mol. The highest BCUT2D eigenvalue weighted by atomic mass is 79.9. The lowest BCUT2D eigenvalue weighted by Gasteiger charge is -2.31. The minimum Gasteiger partial charge on any atom is -0.486 e. The Morgan fingerprint density at radius 1 is 1.33 bits per heavy atom. The van der Waals surface area contributed by atoms with Crippen molar-refractivity contribution < 1.29 is 14.3 Å². The summed E-state index contributed by atoms with van der Waals surface area (Å²) in [6.07, 6.45) is 1.94. The molecule has 2 aliphatic heterocycles. The van der Waals surface area contributed by atoms with Crippen molar-refractivity contribution in [3.63, 3.8) is 0 Å². The number of hydrogen-bond acceptors (Lipinski definition) is 4. The lowest BCUT2D eigenvalue weighted by atomic mass is 10.1. The largest absolute Gasteiger partial charge is 0.486 e. The van der Waals surface area contributed by atoms with Crippen molar-refractivity contribution in [2.45, 2.75) is 18.9 Å². The van der Waals surface area contributed by atoms with Gasteiger partial charge in [-0.25, -0.2) is 0 Å². The number of amides is 1. The normalized spacial score (nSPS) is 20.7. The number of nitrogens with two attached hydrogens (primary N) is 1. The second-order valence-electron chi connectivity index (χ2n) is 5.14. The van der Waals surface area contributed by atoms with Gasteiger partial charge in [0, 0.05) is 24.7 Å². The van der Waals surface area contributed by atoms with E-state index in [1.54, 1.807) is 12.1 Å². The maximum absolute atomic E-state index is 12.5. The number of ether oxygens (including phenoxy) is 2. The van der Waals surface area contributed by atoms with E-state index in [9.17, 15) is 4.79 Å². The van der Waals surface area contributed by atoms with Crippen LogP contribution >= 0.6 is 28.3 Å². The van der Waals surface area contributed by atoms with Crippen LogP contribution in [0.1, 0.15) is 23.2 Å². The fraction of sp³-hybridized carbons (Fsp3) is 0.500. The van der Waals surface area contributed by atoms with Crippen LogP contribution in [0.15, 0.2) is 16.6 Å². The summed E-state index contributed by atoms with van der Waals surface area (Å²) in [5.41, 5.74) is 6.54. The van der Waals surface area contributed by atoms with Crippen molar-refractivity contribution in [3.05, 3.63) is 22.2 Å². The number of piperidine rings is 1. The summed E-state index contributed by atoms with van der Waals surface area (Å²) in [7, 11) is 0. The van der Waals surface area contributed by atoms with Crippen molar-refractivity contribution >= 4 is 34.2 Å². The molecule has 1 unspecified atom stereocenters. The summed E-state index contributed by atoms with van der Waals surface area (Å²) in [6.45, 7) is 2.41. The Kier molecular flexibility index (Phi) is 5.35. The van der Waals surface area contributed by atoms with Gasteiger partial charge in [-0.3, -0.25) is 4.79 Å². The molecule has 0 aromatic heterocycles. The Hall–Kier alpha value is -0.980. The van der Waals surface area contributed by atoms with Gasteiger partial charge in [-0.15, -0.1) is 12.4 Å². The zero-order valence-electron chi connectivity index (χ0n) is 11.5. The Labute approximate surface area is 138 Å². The van der Waals surface area contributed by atoms with E-state index in [2.05, 4.69) is 15.9 Å². The third kappa shape index (κ3) is 3.44. The molecular weight excluding hydrogens is 360 g/mol. The molecule has 0 saturated carbocycles. The van der Waals surface area contributed by atoms with E-state index in [-0.39, 0.29) is 24.4 Å². The molecule has 0 radical (unpaired) electrons. The van der Waals surface area contributed by atoms with Crippen LogP contribution in [0, 0.1) is 0 Å². The minimum absolute atomic E-state index is 0. The highest BCUT2D eigenvalue weighted by molar-refractivity contribution is 9.10. The molecule has 1 saturated heterocycles. The molecule has 0 bridgehead atoms. The summed E-state index contributed by atoms with van der Waals surface area (Å²) in [5.74, 6) is 1.29. The topological polar surface area (TPSA) is 64.8 Å². The van der Waals surface area contributed by atoms with Gasteiger partial charge in [-0.1, -0.05) is 0 Å². The highest BCUT2D eigenvalue weighted by Gasteiger charge is 2.25. The molecule has 1 fully saturated rings. The van der Waals surface area contributed by atoms with Crippen molar-refractivity contribution in [1.29, 1.82) is 0 Å². The first-order valence-electron chi connectivity index (χ1n) is 6.79. The Balaban J connectivity index is 0.00000161. The first-order valence-corrected chi connectivity index (χ1v) is 7.58. The van der Waals surface area contributed by atoms with Crippen molar-refractivity contribution in [3.8, 4) is 11.5 Å². The molecule has 2 heterocycles. The monoisotopic (exact) mass is 376 g/mol. The Morgan fingerprint density at radius 2 is 2.10 bits per heavy atom. The maximum atomic E-state index is 12.5. The molecule has 1 amide bonds. The lowest BCUT2D eigenvalue weighted by Crippen LogP contribution is -2.45. The van der Waals surface area contributed by atoms with E-state index in [1.165, 1.54) is 0 Å². The van der Waals surface area contributed by atoms with Gasteiger partial charge in [0.15, 0.2) is 11.5 Å². The van der Waals surface area contributed by atoms with E-state index >= 15 is 0 Å². The first kappa shape index (κ1) is 16.4. The molecule has 116 valence electrons. The number of likely N-dealkylation sites (tertiary alicyclic amines) is 1. The third-order valence-electron chi connectivity index (χ3n) is 3.59. The standard InChI is InChI=1S/C14H17BrN2O3.ClH/c15-11-6-9(7-12-13(11)20-5-4-19-12)14(18)17-3-1-2-10(16)8-17;/h6-7,10H,1-5,8,16H2;1H. The highest BCUT2D eigenvalue weighted by Crippen LogP contribution is 2.38. The first-order chi connectivity index (χ1) is 9.65. The Morgan fingerprint density at radius 3 is 2.86 bits per heavy atom. The van der Waals surface area contributed by atoms with Crippen LogP contribution < -0.4 is 15.2 Å². The average Bonchev–Trinajstić information content (AvgIpc) is 2.46. The molecular formula is C14H18BrClN2O3. The predicted molar refractivity (Wildman–Crippen MR) is 85.5 cm³/mol. The van der Waals surface area contributed by atoms with Crippen molar-refractivity contribution in [2.24, 2.45) is 5.73 Å². The van der Waals surface area contributed by atoms with Gasteiger partial charge in [-0.05, 0) is 40.9 Å². The fourth-order valence-electron chi connectivity index (χ4n) is 2.61. The summed E-state index contributed by atoms with van der Waals surface area (Å²) in [5, 5.41) is 0. The number of hydrogen-bond donors (Lipinski definition) is 1. The van der Waals surface area contributed by atoms with E-state index in [0.717, 1.165) is 23.9 Å². The smallest absolute Gasteiger partial charge is 0.254 e.